The number of rotatable bonds is 9. The van der Waals surface area contributed by atoms with Gasteiger partial charge in [-0.2, -0.15) is 0 Å². The smallest absolute Gasteiger partial charge is 0.545 e. The van der Waals surface area contributed by atoms with E-state index in [0.29, 0.717) is 35.2 Å². The fourth-order valence-corrected chi connectivity index (χ4v) is 4.46. The Hall–Kier alpha value is -2.91. The number of carboxylic acids is 1. The van der Waals surface area contributed by atoms with Gasteiger partial charge >= 0.3 is 29.6 Å². The standard InChI is InChI=1S/C25H23NO6S.Na/c1-29-17-7-9-18(10-8-17)32-24-19-12-20(30-2)21(31-3)13-22(19)33-23(24)14-26-16-6-4-5-15(11-16)25(27)28;/h4-13,26H,14H2,1-3H3,(H,27,28);/q;+1/p-1. The molecule has 1 heterocycles. The van der Waals surface area contributed by atoms with Gasteiger partial charge in [-0.3, -0.25) is 0 Å². The van der Waals surface area contributed by atoms with Gasteiger partial charge in [0, 0.05) is 21.8 Å². The first-order valence-corrected chi connectivity index (χ1v) is 10.9. The third-order valence-electron chi connectivity index (χ3n) is 5.05. The third-order valence-corrected chi connectivity index (χ3v) is 6.18. The molecule has 4 aromatic rings. The summed E-state index contributed by atoms with van der Waals surface area (Å²) in [5, 5.41) is 15.3. The van der Waals surface area contributed by atoms with Crippen molar-refractivity contribution < 1.29 is 58.4 Å². The Morgan fingerprint density at radius 2 is 1.59 bits per heavy atom. The minimum Gasteiger partial charge on any atom is -0.545 e. The van der Waals surface area contributed by atoms with Crippen LogP contribution in [0.4, 0.5) is 5.69 Å². The first kappa shape index (κ1) is 25.7. The van der Waals surface area contributed by atoms with Gasteiger partial charge in [-0.15, -0.1) is 11.3 Å². The fraction of sp³-hybridized carbons (Fsp3) is 0.160. The van der Waals surface area contributed by atoms with Gasteiger partial charge in [-0.25, -0.2) is 0 Å². The van der Waals surface area contributed by atoms with Crippen molar-refractivity contribution in [3.63, 3.8) is 0 Å². The second-order valence-corrected chi connectivity index (χ2v) is 8.19. The van der Waals surface area contributed by atoms with Gasteiger partial charge in [0.2, 0.25) is 0 Å². The molecule has 0 bridgehead atoms. The number of anilines is 1. The molecule has 0 atom stereocenters. The molecule has 0 fully saturated rings. The quantitative estimate of drug-likeness (QED) is 0.360. The molecule has 4 rings (SSSR count). The first-order chi connectivity index (χ1) is 16.0. The van der Waals surface area contributed by atoms with E-state index in [9.17, 15) is 9.90 Å². The van der Waals surface area contributed by atoms with Crippen molar-refractivity contribution in [3.05, 3.63) is 71.1 Å². The summed E-state index contributed by atoms with van der Waals surface area (Å²) in [5.41, 5.74) is 0.778. The van der Waals surface area contributed by atoms with E-state index in [1.54, 1.807) is 50.9 Å². The maximum absolute atomic E-state index is 11.2. The molecule has 0 radical (unpaired) electrons. The van der Waals surface area contributed by atoms with Crippen LogP contribution in [0.2, 0.25) is 0 Å². The Bertz CT molecular complexity index is 1290. The van der Waals surface area contributed by atoms with Gasteiger partial charge in [-0.05, 0) is 48.0 Å². The minimum atomic E-state index is -1.22. The molecule has 0 aliphatic heterocycles. The van der Waals surface area contributed by atoms with E-state index < -0.39 is 5.97 Å². The van der Waals surface area contributed by atoms with Crippen LogP contribution in [-0.2, 0) is 6.54 Å². The number of carbonyl (C=O) groups is 1. The van der Waals surface area contributed by atoms with Crippen molar-refractivity contribution in [2.75, 3.05) is 26.6 Å². The number of carbonyl (C=O) groups excluding carboxylic acids is 1. The zero-order valence-corrected chi connectivity index (χ0v) is 22.2. The number of benzene rings is 3. The third kappa shape index (κ3) is 5.59. The van der Waals surface area contributed by atoms with Crippen LogP contribution in [0, 0.1) is 0 Å². The van der Waals surface area contributed by atoms with Crippen molar-refractivity contribution in [1.29, 1.82) is 0 Å². The van der Waals surface area contributed by atoms with Crippen LogP contribution in [0.15, 0.2) is 60.7 Å². The molecule has 1 N–H and O–H groups in total. The van der Waals surface area contributed by atoms with Crippen molar-refractivity contribution in [2.24, 2.45) is 0 Å². The summed E-state index contributed by atoms with van der Waals surface area (Å²) in [5.74, 6) is 2.09. The monoisotopic (exact) mass is 487 g/mol. The maximum Gasteiger partial charge on any atom is 1.00 e. The molecule has 3 aromatic carbocycles. The predicted octanol–water partition coefficient (Wildman–Crippen LogP) is 1.70. The summed E-state index contributed by atoms with van der Waals surface area (Å²) in [7, 11) is 4.80. The average molecular weight is 488 g/mol. The van der Waals surface area contributed by atoms with Crippen molar-refractivity contribution >= 4 is 33.1 Å². The number of aromatic carboxylic acids is 1. The number of hydrogen-bond donors (Lipinski definition) is 1. The summed E-state index contributed by atoms with van der Waals surface area (Å²) in [6.07, 6.45) is 0. The summed E-state index contributed by atoms with van der Waals surface area (Å²) < 4.78 is 23.4. The van der Waals surface area contributed by atoms with E-state index >= 15 is 0 Å². The van der Waals surface area contributed by atoms with Crippen LogP contribution in [0.25, 0.3) is 10.1 Å². The summed E-state index contributed by atoms with van der Waals surface area (Å²) >= 11 is 1.55. The van der Waals surface area contributed by atoms with Crippen LogP contribution in [0.5, 0.6) is 28.7 Å². The van der Waals surface area contributed by atoms with E-state index in [0.717, 1.165) is 20.7 Å². The molecule has 0 amide bonds. The van der Waals surface area contributed by atoms with Gasteiger partial charge in [0.1, 0.15) is 11.5 Å². The number of nitrogens with one attached hydrogen (secondary N) is 1. The fourth-order valence-electron chi connectivity index (χ4n) is 3.38. The van der Waals surface area contributed by atoms with Crippen LogP contribution >= 0.6 is 11.3 Å². The zero-order valence-electron chi connectivity index (χ0n) is 19.3. The molecule has 0 unspecified atom stereocenters. The molecule has 34 heavy (non-hydrogen) atoms. The van der Waals surface area contributed by atoms with E-state index in [-0.39, 0.29) is 35.1 Å². The minimum absolute atomic E-state index is 0. The Morgan fingerprint density at radius 3 is 2.24 bits per heavy atom. The van der Waals surface area contributed by atoms with E-state index in [2.05, 4.69) is 5.32 Å². The van der Waals surface area contributed by atoms with Crippen LogP contribution in [0.1, 0.15) is 15.2 Å². The van der Waals surface area contributed by atoms with Crippen LogP contribution in [-0.4, -0.2) is 27.3 Å². The molecular formula is C25H22NNaO6S. The second-order valence-electron chi connectivity index (χ2n) is 7.06. The molecular weight excluding hydrogens is 465 g/mol. The van der Waals surface area contributed by atoms with Crippen molar-refractivity contribution in [2.45, 2.75) is 6.54 Å². The predicted molar refractivity (Wildman–Crippen MR) is 126 cm³/mol. The molecule has 1 aromatic heterocycles. The average Bonchev–Trinajstić information content (AvgIpc) is 3.18. The summed E-state index contributed by atoms with van der Waals surface area (Å²) in [6, 6.07) is 17.7. The van der Waals surface area contributed by atoms with Gasteiger partial charge in [0.15, 0.2) is 17.2 Å². The molecule has 0 saturated carbocycles. The van der Waals surface area contributed by atoms with Crippen LogP contribution in [0.3, 0.4) is 0 Å². The molecule has 7 nitrogen and oxygen atoms in total. The summed E-state index contributed by atoms with van der Waals surface area (Å²) in [4.78, 5) is 12.1. The number of thiophene rings is 1. The molecule has 0 spiro atoms. The van der Waals surface area contributed by atoms with Crippen molar-refractivity contribution in [1.82, 2.24) is 0 Å². The first-order valence-electron chi connectivity index (χ1n) is 10.1. The summed E-state index contributed by atoms with van der Waals surface area (Å²) in [6.45, 7) is 0.423. The molecule has 0 saturated heterocycles. The Balaban J connectivity index is 0.00000324. The number of ether oxygens (including phenoxy) is 4. The topological polar surface area (TPSA) is 89.1 Å². The Labute approximate surface area is 223 Å². The molecule has 0 aliphatic rings. The largest absolute Gasteiger partial charge is 1.00 e. The zero-order chi connectivity index (χ0) is 23.4. The van der Waals surface area contributed by atoms with E-state index in [1.807, 2.05) is 36.4 Å². The number of fused-ring (bicyclic) bond motifs is 1. The van der Waals surface area contributed by atoms with Gasteiger partial charge < -0.3 is 34.2 Å². The number of methoxy groups -OCH3 is 3. The van der Waals surface area contributed by atoms with Gasteiger partial charge in [0.25, 0.3) is 0 Å². The number of carboxylic acid groups (broad SMARTS) is 1. The van der Waals surface area contributed by atoms with E-state index in [1.165, 1.54) is 6.07 Å². The Morgan fingerprint density at radius 1 is 0.912 bits per heavy atom. The van der Waals surface area contributed by atoms with Crippen LogP contribution < -0.4 is 58.9 Å². The van der Waals surface area contributed by atoms with Gasteiger partial charge in [0.05, 0.1) is 38.7 Å². The van der Waals surface area contributed by atoms with Crippen molar-refractivity contribution in [3.8, 4) is 28.7 Å². The number of hydrogen-bond acceptors (Lipinski definition) is 8. The maximum atomic E-state index is 11.2. The second kappa shape index (κ2) is 11.5. The van der Waals surface area contributed by atoms with E-state index in [4.69, 9.17) is 18.9 Å². The Kier molecular flexibility index (Phi) is 8.68. The molecule has 170 valence electrons. The normalized spacial score (nSPS) is 10.3. The molecule has 9 heteroatoms. The van der Waals surface area contributed by atoms with Gasteiger partial charge in [-0.1, -0.05) is 12.1 Å². The SMILES string of the molecule is COc1ccc(Oc2c(CNc3cccc(C(=O)[O-])c3)sc3cc(OC)c(OC)cc23)cc1.[Na+]. The molecule has 0 aliphatic carbocycles.